The van der Waals surface area contributed by atoms with E-state index in [0.717, 1.165) is 54.9 Å². The number of aromatic nitrogens is 2. The molecule has 0 saturated heterocycles. The predicted octanol–water partition coefficient (Wildman–Crippen LogP) is 6.05. The molecule has 0 radical (unpaired) electrons. The Hall–Kier alpha value is -1.34. The topological polar surface area (TPSA) is 61.8 Å². The zero-order chi connectivity index (χ0) is 22.7. The van der Waals surface area contributed by atoms with Crippen molar-refractivity contribution in [2.45, 2.75) is 97.6 Å². The minimum Gasteiger partial charge on any atom is -0.390 e. The Bertz CT molecular complexity index is 870. The Kier molecular flexibility index (Phi) is 5.72. The first-order valence-corrected chi connectivity index (χ1v) is 13.4. The van der Waals surface area contributed by atoms with E-state index >= 15 is 0 Å². The van der Waals surface area contributed by atoms with Crippen molar-refractivity contribution in [3.63, 3.8) is 0 Å². The molecule has 4 aliphatic rings. The van der Waals surface area contributed by atoms with Gasteiger partial charge in [0.25, 0.3) is 0 Å². The molecular formula is C28H43N3O. The maximum atomic E-state index is 11.2. The molecule has 9 atom stereocenters. The number of nitriles is 1. The van der Waals surface area contributed by atoms with Gasteiger partial charge < -0.3 is 5.11 Å². The Labute approximate surface area is 194 Å². The van der Waals surface area contributed by atoms with Crippen molar-refractivity contribution in [2.24, 2.45) is 52.8 Å². The fourth-order valence-electron chi connectivity index (χ4n) is 9.35. The van der Waals surface area contributed by atoms with Gasteiger partial charge in [0, 0.05) is 12.7 Å². The molecule has 4 saturated carbocycles. The van der Waals surface area contributed by atoms with Gasteiger partial charge in [-0.15, -0.1) is 0 Å². The molecular weight excluding hydrogens is 394 g/mol. The second-order valence-corrected chi connectivity index (χ2v) is 12.7. The van der Waals surface area contributed by atoms with E-state index in [9.17, 15) is 5.11 Å². The first kappa shape index (κ1) is 22.5. The van der Waals surface area contributed by atoms with Gasteiger partial charge >= 0.3 is 0 Å². The van der Waals surface area contributed by atoms with Crippen LogP contribution in [0.1, 0.15) is 91.0 Å². The average Bonchev–Trinajstić information content (AvgIpc) is 3.36. The standard InChI is InChI=1S/C28H43N3O/c1-18(2)28(32)12-10-22-21(13-28)5-6-24-23(22)9-11-27(4)25(7-8-26(24)27)19(3)16-31-17-20(14-29)15-30-31/h15,17-19,21-26,32H,5-13,16H2,1-4H3/t19-,21-,22+,23-,24-,25-,26+,27-,28-/m1/s1. The highest BCUT2D eigenvalue weighted by Gasteiger charge is 2.58. The van der Waals surface area contributed by atoms with Crippen LogP contribution in [0.2, 0.25) is 0 Å². The molecule has 4 nitrogen and oxygen atoms in total. The molecule has 32 heavy (non-hydrogen) atoms. The number of nitrogens with zero attached hydrogens (tertiary/aromatic N) is 3. The zero-order valence-corrected chi connectivity index (χ0v) is 20.6. The SMILES string of the molecule is CC(C)[C@@]1(O)CC[C@H]2[C@H](CC[C@@H]3[C@@H]2CC[C@]2(C)[C@@H]([C@H](C)Cn4cc(C#N)cn4)CC[C@@H]32)C1. The van der Waals surface area contributed by atoms with Crippen LogP contribution in [0.3, 0.4) is 0 Å². The molecule has 1 aromatic heterocycles. The first-order valence-electron chi connectivity index (χ1n) is 13.4. The Morgan fingerprint density at radius 2 is 1.88 bits per heavy atom. The van der Waals surface area contributed by atoms with Gasteiger partial charge in [-0.3, -0.25) is 4.68 Å². The lowest BCUT2D eigenvalue weighted by Crippen LogP contribution is -2.52. The molecule has 0 aromatic carbocycles. The lowest BCUT2D eigenvalue weighted by Gasteiger charge is -2.58. The van der Waals surface area contributed by atoms with E-state index in [1.165, 1.54) is 44.9 Å². The van der Waals surface area contributed by atoms with E-state index in [-0.39, 0.29) is 0 Å². The van der Waals surface area contributed by atoms with Crippen LogP contribution in [0.4, 0.5) is 0 Å². The van der Waals surface area contributed by atoms with Crippen molar-refractivity contribution in [1.29, 1.82) is 5.26 Å². The zero-order valence-electron chi connectivity index (χ0n) is 20.6. The van der Waals surface area contributed by atoms with Gasteiger partial charge in [0.1, 0.15) is 6.07 Å². The van der Waals surface area contributed by atoms with Gasteiger partial charge in [-0.25, -0.2) is 0 Å². The summed E-state index contributed by atoms with van der Waals surface area (Å²) in [6.45, 7) is 10.4. The number of hydrogen-bond acceptors (Lipinski definition) is 3. The molecule has 1 N–H and O–H groups in total. The van der Waals surface area contributed by atoms with Gasteiger partial charge in [-0.05, 0) is 111 Å². The predicted molar refractivity (Wildman–Crippen MR) is 126 cm³/mol. The van der Waals surface area contributed by atoms with Crippen LogP contribution in [0.15, 0.2) is 12.4 Å². The molecule has 1 aromatic rings. The van der Waals surface area contributed by atoms with Crippen LogP contribution in [0.5, 0.6) is 0 Å². The average molecular weight is 438 g/mol. The Morgan fingerprint density at radius 3 is 2.59 bits per heavy atom. The minimum absolute atomic E-state index is 0.381. The van der Waals surface area contributed by atoms with Crippen molar-refractivity contribution >= 4 is 0 Å². The molecule has 0 amide bonds. The third kappa shape index (κ3) is 3.54. The molecule has 0 bridgehead atoms. The molecule has 4 heteroatoms. The van der Waals surface area contributed by atoms with Gasteiger partial charge in [-0.2, -0.15) is 10.4 Å². The molecule has 5 rings (SSSR count). The lowest BCUT2D eigenvalue weighted by atomic mass is 9.48. The van der Waals surface area contributed by atoms with Gasteiger partial charge in [0.2, 0.25) is 0 Å². The van der Waals surface area contributed by atoms with Gasteiger partial charge in [-0.1, -0.05) is 27.7 Å². The molecule has 0 aliphatic heterocycles. The molecule has 0 spiro atoms. The summed E-state index contributed by atoms with van der Waals surface area (Å²) in [6, 6.07) is 2.21. The second-order valence-electron chi connectivity index (χ2n) is 12.7. The summed E-state index contributed by atoms with van der Waals surface area (Å²) in [5, 5.41) is 24.7. The molecule has 0 unspecified atom stereocenters. The van der Waals surface area contributed by atoms with Gasteiger partial charge in [0.15, 0.2) is 0 Å². The molecule has 4 fully saturated rings. The summed E-state index contributed by atoms with van der Waals surface area (Å²) >= 11 is 0. The van der Waals surface area contributed by atoms with E-state index in [4.69, 9.17) is 5.26 Å². The highest BCUT2D eigenvalue weighted by Crippen LogP contribution is 2.66. The summed E-state index contributed by atoms with van der Waals surface area (Å²) in [5.74, 6) is 6.06. The van der Waals surface area contributed by atoms with Crippen LogP contribution in [-0.2, 0) is 6.54 Å². The van der Waals surface area contributed by atoms with Crippen molar-refractivity contribution in [3.05, 3.63) is 18.0 Å². The van der Waals surface area contributed by atoms with Crippen molar-refractivity contribution in [2.75, 3.05) is 0 Å². The third-order valence-corrected chi connectivity index (χ3v) is 11.1. The highest BCUT2D eigenvalue weighted by molar-refractivity contribution is 5.21. The lowest BCUT2D eigenvalue weighted by molar-refractivity contribution is -0.122. The monoisotopic (exact) mass is 437 g/mol. The largest absolute Gasteiger partial charge is 0.390 e. The van der Waals surface area contributed by atoms with Crippen LogP contribution in [-0.4, -0.2) is 20.5 Å². The number of aliphatic hydroxyl groups is 1. The van der Waals surface area contributed by atoms with Gasteiger partial charge in [0.05, 0.1) is 17.4 Å². The smallest absolute Gasteiger partial charge is 0.102 e. The minimum atomic E-state index is -0.414. The quantitative estimate of drug-likeness (QED) is 0.624. The summed E-state index contributed by atoms with van der Waals surface area (Å²) in [7, 11) is 0. The number of hydrogen-bond donors (Lipinski definition) is 1. The van der Waals surface area contributed by atoms with E-state index < -0.39 is 5.60 Å². The summed E-state index contributed by atoms with van der Waals surface area (Å²) in [4.78, 5) is 0. The maximum Gasteiger partial charge on any atom is 0.102 e. The van der Waals surface area contributed by atoms with Crippen molar-refractivity contribution in [3.8, 4) is 6.07 Å². The van der Waals surface area contributed by atoms with Crippen molar-refractivity contribution in [1.82, 2.24) is 9.78 Å². The maximum absolute atomic E-state index is 11.2. The highest BCUT2D eigenvalue weighted by atomic mass is 16.3. The Balaban J connectivity index is 1.28. The first-order chi connectivity index (χ1) is 15.2. The molecule has 176 valence electrons. The summed E-state index contributed by atoms with van der Waals surface area (Å²) in [5.41, 5.74) is 0.719. The summed E-state index contributed by atoms with van der Waals surface area (Å²) < 4.78 is 1.99. The van der Waals surface area contributed by atoms with E-state index in [1.54, 1.807) is 6.20 Å². The molecule has 4 aliphatic carbocycles. The Morgan fingerprint density at radius 1 is 1.09 bits per heavy atom. The number of fused-ring (bicyclic) bond motifs is 5. The summed E-state index contributed by atoms with van der Waals surface area (Å²) in [6.07, 6.45) is 15.2. The van der Waals surface area contributed by atoms with Crippen LogP contribution < -0.4 is 0 Å². The fraction of sp³-hybridized carbons (Fsp3) is 0.857. The van der Waals surface area contributed by atoms with Crippen LogP contribution in [0, 0.1) is 64.1 Å². The van der Waals surface area contributed by atoms with Crippen LogP contribution >= 0.6 is 0 Å². The second kappa shape index (κ2) is 8.15. The number of rotatable bonds is 4. The van der Waals surface area contributed by atoms with E-state index in [1.807, 2.05) is 10.9 Å². The van der Waals surface area contributed by atoms with E-state index in [2.05, 4.69) is 38.9 Å². The molecule has 1 heterocycles. The van der Waals surface area contributed by atoms with Crippen molar-refractivity contribution < 1.29 is 5.11 Å². The van der Waals surface area contributed by atoms with E-state index in [0.29, 0.717) is 22.8 Å². The fourth-order valence-corrected chi connectivity index (χ4v) is 9.35. The van der Waals surface area contributed by atoms with Crippen LogP contribution in [0.25, 0.3) is 0 Å². The third-order valence-electron chi connectivity index (χ3n) is 11.1. The normalized spacial score (nSPS) is 44.4.